The molecule has 0 radical (unpaired) electrons. The molecule has 0 aliphatic heterocycles. The molecule has 7 nitrogen and oxygen atoms in total. The number of benzene rings is 1. The molecular weight excluding hydrogens is 332 g/mol. The molecule has 0 unspecified atom stereocenters. The smallest absolute Gasteiger partial charge is 0.329 e. The largest absolute Gasteiger partial charge is 0.480 e. The van der Waals surface area contributed by atoms with E-state index in [1.807, 2.05) is 0 Å². The fourth-order valence-electron chi connectivity index (χ4n) is 2.97. The Balaban J connectivity index is 2.19. The molecule has 1 amide bonds. The van der Waals surface area contributed by atoms with Crippen LogP contribution >= 0.6 is 0 Å². The zero-order valence-corrected chi connectivity index (χ0v) is 14.3. The number of carboxylic acid groups (broad SMARTS) is 1. The van der Waals surface area contributed by atoms with E-state index >= 15 is 0 Å². The first-order valence-electron chi connectivity index (χ1n) is 7.77. The minimum Gasteiger partial charge on any atom is -0.480 e. The van der Waals surface area contributed by atoms with Gasteiger partial charge in [-0.3, -0.25) is 4.79 Å². The Morgan fingerprint density at radius 2 is 1.96 bits per heavy atom. The molecule has 0 atom stereocenters. The Morgan fingerprint density at radius 1 is 1.33 bits per heavy atom. The van der Waals surface area contributed by atoms with E-state index in [1.54, 1.807) is 12.1 Å². The monoisotopic (exact) mass is 354 g/mol. The summed E-state index contributed by atoms with van der Waals surface area (Å²) >= 11 is 0. The summed E-state index contributed by atoms with van der Waals surface area (Å²) in [5.74, 6) is -1.51. The fraction of sp³-hybridized carbons (Fsp3) is 0.500. The van der Waals surface area contributed by atoms with Crippen LogP contribution in [0.2, 0.25) is 0 Å². The van der Waals surface area contributed by atoms with Gasteiger partial charge in [0.2, 0.25) is 10.0 Å². The Bertz CT molecular complexity index is 737. The van der Waals surface area contributed by atoms with Crippen molar-refractivity contribution < 1.29 is 23.1 Å². The van der Waals surface area contributed by atoms with E-state index in [0.29, 0.717) is 24.3 Å². The second kappa shape index (κ2) is 6.90. The van der Waals surface area contributed by atoms with Crippen LogP contribution in [0.4, 0.5) is 0 Å². The Kier molecular flexibility index (Phi) is 5.29. The summed E-state index contributed by atoms with van der Waals surface area (Å²) in [7, 11) is -3.70. The first kappa shape index (κ1) is 18.4. The van der Waals surface area contributed by atoms with E-state index in [-0.39, 0.29) is 11.3 Å². The third-order valence-electron chi connectivity index (χ3n) is 4.45. The topological polar surface area (TPSA) is 127 Å². The van der Waals surface area contributed by atoms with E-state index in [0.717, 1.165) is 12.8 Å². The lowest BCUT2D eigenvalue weighted by Gasteiger charge is -2.36. The van der Waals surface area contributed by atoms with Gasteiger partial charge in [0.1, 0.15) is 5.54 Å². The highest BCUT2D eigenvalue weighted by Gasteiger charge is 2.42. The van der Waals surface area contributed by atoms with Gasteiger partial charge in [0.25, 0.3) is 5.91 Å². The summed E-state index contributed by atoms with van der Waals surface area (Å²) in [6.07, 6.45) is 2.23. The third kappa shape index (κ3) is 4.55. The van der Waals surface area contributed by atoms with Crippen molar-refractivity contribution in [1.29, 1.82) is 0 Å². The number of nitrogens with one attached hydrogen (secondary N) is 1. The summed E-state index contributed by atoms with van der Waals surface area (Å²) in [5, 5.41) is 17.2. The molecule has 1 aromatic carbocycles. The van der Waals surface area contributed by atoms with Gasteiger partial charge in [0, 0.05) is 5.56 Å². The number of rotatable bonds is 5. The van der Waals surface area contributed by atoms with Crippen LogP contribution in [-0.4, -0.2) is 30.9 Å². The average molecular weight is 354 g/mol. The molecule has 1 aliphatic rings. The highest BCUT2D eigenvalue weighted by Crippen LogP contribution is 2.32. The number of amides is 1. The maximum Gasteiger partial charge on any atom is 0.329 e. The Hall–Kier alpha value is -1.93. The molecule has 0 spiro atoms. The van der Waals surface area contributed by atoms with Crippen molar-refractivity contribution in [2.24, 2.45) is 11.1 Å². The van der Waals surface area contributed by atoms with E-state index in [4.69, 9.17) is 5.14 Å². The van der Waals surface area contributed by atoms with Gasteiger partial charge in [-0.2, -0.15) is 0 Å². The SMILES string of the molecule is CC1CCC(NC(=O)c2cccc(CS(N)(=O)=O)c2)(C(=O)O)CC1. The maximum atomic E-state index is 12.5. The minimum atomic E-state index is -3.70. The second-order valence-corrected chi connectivity index (χ2v) is 8.15. The summed E-state index contributed by atoms with van der Waals surface area (Å²) in [4.78, 5) is 24.2. The molecular formula is C16H22N2O5S. The van der Waals surface area contributed by atoms with E-state index < -0.39 is 27.4 Å². The zero-order valence-electron chi connectivity index (χ0n) is 13.5. The van der Waals surface area contributed by atoms with Crippen LogP contribution < -0.4 is 10.5 Å². The molecule has 0 aromatic heterocycles. The molecule has 1 fully saturated rings. The Morgan fingerprint density at radius 3 is 2.50 bits per heavy atom. The van der Waals surface area contributed by atoms with Gasteiger partial charge in [-0.05, 0) is 49.3 Å². The summed E-state index contributed by atoms with van der Waals surface area (Å²) in [6.45, 7) is 2.06. The number of hydrogen-bond acceptors (Lipinski definition) is 4. The molecule has 8 heteroatoms. The number of aliphatic carboxylic acids is 1. The van der Waals surface area contributed by atoms with Crippen molar-refractivity contribution in [1.82, 2.24) is 5.32 Å². The van der Waals surface area contributed by atoms with E-state index in [2.05, 4.69) is 12.2 Å². The summed E-state index contributed by atoms with van der Waals surface area (Å²) in [5.41, 5.74) is -0.665. The normalized spacial score (nSPS) is 24.3. The standard InChI is InChI=1S/C16H22N2O5S/c1-11-5-7-16(8-6-11,15(20)21)18-14(19)13-4-2-3-12(9-13)10-24(17,22)23/h2-4,9,11H,5-8,10H2,1H3,(H,18,19)(H,20,21)(H2,17,22,23). The molecule has 1 aliphatic carbocycles. The predicted molar refractivity (Wildman–Crippen MR) is 88.7 cm³/mol. The number of carboxylic acids is 1. The number of primary sulfonamides is 1. The Labute approximate surface area is 141 Å². The van der Waals surface area contributed by atoms with Crippen molar-refractivity contribution in [3.05, 3.63) is 35.4 Å². The molecule has 4 N–H and O–H groups in total. The van der Waals surface area contributed by atoms with Crippen LogP contribution in [0, 0.1) is 5.92 Å². The van der Waals surface area contributed by atoms with E-state index in [1.165, 1.54) is 12.1 Å². The van der Waals surface area contributed by atoms with Crippen molar-refractivity contribution in [2.75, 3.05) is 0 Å². The number of hydrogen-bond donors (Lipinski definition) is 3. The van der Waals surface area contributed by atoms with Crippen LogP contribution in [0.3, 0.4) is 0 Å². The average Bonchev–Trinajstić information content (AvgIpc) is 2.48. The molecule has 0 saturated heterocycles. The first-order chi connectivity index (χ1) is 11.1. The molecule has 2 rings (SSSR count). The van der Waals surface area contributed by atoms with Gasteiger partial charge in [-0.15, -0.1) is 0 Å². The minimum absolute atomic E-state index is 0.218. The second-order valence-electron chi connectivity index (χ2n) is 6.53. The summed E-state index contributed by atoms with van der Waals surface area (Å²) < 4.78 is 22.3. The van der Waals surface area contributed by atoms with Crippen LogP contribution in [0.1, 0.15) is 48.5 Å². The highest BCUT2D eigenvalue weighted by molar-refractivity contribution is 7.88. The molecule has 0 bridgehead atoms. The molecule has 24 heavy (non-hydrogen) atoms. The van der Waals surface area contributed by atoms with Gasteiger partial charge >= 0.3 is 5.97 Å². The fourth-order valence-corrected chi connectivity index (χ4v) is 3.62. The van der Waals surface area contributed by atoms with E-state index in [9.17, 15) is 23.1 Å². The van der Waals surface area contributed by atoms with Gasteiger partial charge in [0.15, 0.2) is 0 Å². The molecule has 0 heterocycles. The predicted octanol–water partition coefficient (Wildman–Crippen LogP) is 1.24. The summed E-state index contributed by atoms with van der Waals surface area (Å²) in [6, 6.07) is 6.03. The molecule has 132 valence electrons. The lowest BCUT2D eigenvalue weighted by molar-refractivity contribution is -0.146. The van der Waals surface area contributed by atoms with Gasteiger partial charge in [-0.1, -0.05) is 19.1 Å². The number of carbonyl (C=O) groups is 2. The van der Waals surface area contributed by atoms with Gasteiger partial charge in [0.05, 0.1) is 5.75 Å². The van der Waals surface area contributed by atoms with Gasteiger partial charge in [-0.25, -0.2) is 18.4 Å². The first-order valence-corrected chi connectivity index (χ1v) is 9.48. The quantitative estimate of drug-likeness (QED) is 0.733. The third-order valence-corrected chi connectivity index (χ3v) is 5.18. The van der Waals surface area contributed by atoms with Crippen molar-refractivity contribution in [3.63, 3.8) is 0 Å². The van der Waals surface area contributed by atoms with Crippen molar-refractivity contribution in [3.8, 4) is 0 Å². The van der Waals surface area contributed by atoms with Crippen molar-refractivity contribution in [2.45, 2.75) is 43.9 Å². The van der Waals surface area contributed by atoms with Crippen LogP contribution in [-0.2, 0) is 20.6 Å². The van der Waals surface area contributed by atoms with Crippen LogP contribution in [0.5, 0.6) is 0 Å². The van der Waals surface area contributed by atoms with Crippen LogP contribution in [0.15, 0.2) is 24.3 Å². The highest BCUT2D eigenvalue weighted by atomic mass is 32.2. The lowest BCUT2D eigenvalue weighted by atomic mass is 9.77. The number of nitrogens with two attached hydrogens (primary N) is 1. The van der Waals surface area contributed by atoms with Crippen LogP contribution in [0.25, 0.3) is 0 Å². The molecule has 1 saturated carbocycles. The number of carbonyl (C=O) groups excluding carboxylic acids is 1. The van der Waals surface area contributed by atoms with Crippen molar-refractivity contribution >= 4 is 21.9 Å². The maximum absolute atomic E-state index is 12.5. The number of sulfonamides is 1. The molecule has 1 aromatic rings. The van der Waals surface area contributed by atoms with Gasteiger partial charge < -0.3 is 10.4 Å². The zero-order chi connectivity index (χ0) is 18.0. The lowest BCUT2D eigenvalue weighted by Crippen LogP contribution is -2.56.